The summed E-state index contributed by atoms with van der Waals surface area (Å²) < 4.78 is 0. The molecule has 82 valence electrons. The number of nitrogens with zero attached hydrogens (tertiary/aromatic N) is 1. The molecule has 0 spiro atoms. The normalized spacial score (nSPS) is 22.6. The minimum atomic E-state index is 0.102. The molecular formula is C10H20N2O2. The van der Waals surface area contributed by atoms with E-state index < -0.39 is 0 Å². The molecule has 0 saturated carbocycles. The minimum absolute atomic E-state index is 0.102. The first-order valence-electron chi connectivity index (χ1n) is 5.33. The smallest absolute Gasteiger partial charge is 0.219 e. The maximum Gasteiger partial charge on any atom is 0.219 e. The molecule has 1 saturated heterocycles. The van der Waals surface area contributed by atoms with Crippen molar-refractivity contribution in [1.82, 2.24) is 10.2 Å². The molecule has 1 aliphatic rings. The number of hydrogen-bond donors (Lipinski definition) is 2. The topological polar surface area (TPSA) is 52.6 Å². The number of likely N-dealkylation sites (tertiary alicyclic amines) is 1. The van der Waals surface area contributed by atoms with Crippen LogP contribution < -0.4 is 5.32 Å². The molecule has 14 heavy (non-hydrogen) atoms. The van der Waals surface area contributed by atoms with E-state index in [-0.39, 0.29) is 12.5 Å². The highest BCUT2D eigenvalue weighted by Gasteiger charge is 2.22. The van der Waals surface area contributed by atoms with E-state index >= 15 is 0 Å². The molecule has 0 radical (unpaired) electrons. The Kier molecular flexibility index (Phi) is 4.90. The molecule has 1 unspecified atom stereocenters. The van der Waals surface area contributed by atoms with Crippen molar-refractivity contribution >= 4 is 5.91 Å². The molecular weight excluding hydrogens is 180 g/mol. The Morgan fingerprint density at radius 1 is 1.64 bits per heavy atom. The number of carbonyl (C=O) groups excluding carboxylic acids is 1. The Balaban J connectivity index is 2.14. The van der Waals surface area contributed by atoms with Crippen molar-refractivity contribution in [2.45, 2.75) is 31.7 Å². The number of carbonyl (C=O) groups is 1. The molecule has 1 fully saturated rings. The second-order valence-electron chi connectivity index (χ2n) is 3.79. The van der Waals surface area contributed by atoms with Gasteiger partial charge in [-0.3, -0.25) is 9.69 Å². The van der Waals surface area contributed by atoms with Crippen LogP contribution in [0.5, 0.6) is 0 Å². The molecule has 0 bridgehead atoms. The molecule has 1 heterocycles. The third-order valence-corrected chi connectivity index (χ3v) is 2.84. The van der Waals surface area contributed by atoms with Gasteiger partial charge in [0, 0.05) is 19.5 Å². The number of amides is 1. The molecule has 1 aliphatic heterocycles. The average molecular weight is 200 g/mol. The molecule has 2 N–H and O–H groups in total. The van der Waals surface area contributed by atoms with Crippen LogP contribution in [0.25, 0.3) is 0 Å². The highest BCUT2D eigenvalue weighted by atomic mass is 16.3. The van der Waals surface area contributed by atoms with E-state index in [0.717, 1.165) is 25.9 Å². The van der Waals surface area contributed by atoms with E-state index in [2.05, 4.69) is 10.2 Å². The molecule has 0 aromatic heterocycles. The molecule has 1 amide bonds. The quantitative estimate of drug-likeness (QED) is 0.655. The lowest BCUT2D eigenvalue weighted by Gasteiger charge is -2.22. The lowest BCUT2D eigenvalue weighted by atomic mass is 10.2. The number of aliphatic hydroxyl groups is 1. The lowest BCUT2D eigenvalue weighted by molar-refractivity contribution is -0.120. The van der Waals surface area contributed by atoms with Crippen LogP contribution in [0.3, 0.4) is 0 Å². The monoisotopic (exact) mass is 200 g/mol. The van der Waals surface area contributed by atoms with Gasteiger partial charge in [-0.2, -0.15) is 0 Å². The zero-order chi connectivity index (χ0) is 10.4. The van der Waals surface area contributed by atoms with Crippen molar-refractivity contribution in [2.75, 3.05) is 26.7 Å². The summed E-state index contributed by atoms with van der Waals surface area (Å²) in [6, 6.07) is 0.333. The third-order valence-electron chi connectivity index (χ3n) is 2.84. The van der Waals surface area contributed by atoms with Crippen LogP contribution in [0.15, 0.2) is 0 Å². The fourth-order valence-electron chi connectivity index (χ4n) is 1.96. The Morgan fingerprint density at radius 3 is 3.07 bits per heavy atom. The molecule has 0 aromatic carbocycles. The fourth-order valence-corrected chi connectivity index (χ4v) is 1.96. The molecule has 0 aromatic rings. The summed E-state index contributed by atoms with van der Waals surface area (Å²) in [5, 5.41) is 11.7. The van der Waals surface area contributed by atoms with Gasteiger partial charge in [0.05, 0.1) is 6.61 Å². The highest BCUT2D eigenvalue weighted by Crippen LogP contribution is 2.16. The SMILES string of the molecule is CNC(=O)CCCN1CCCC1CO. The van der Waals surface area contributed by atoms with Crippen LogP contribution in [-0.2, 0) is 4.79 Å². The van der Waals surface area contributed by atoms with Gasteiger partial charge in [-0.25, -0.2) is 0 Å². The average Bonchev–Trinajstić information content (AvgIpc) is 2.65. The Bertz CT molecular complexity index is 185. The predicted molar refractivity (Wildman–Crippen MR) is 55.0 cm³/mol. The van der Waals surface area contributed by atoms with E-state index in [1.54, 1.807) is 7.05 Å². The van der Waals surface area contributed by atoms with Crippen LogP contribution >= 0.6 is 0 Å². The van der Waals surface area contributed by atoms with Gasteiger partial charge in [-0.05, 0) is 32.4 Å². The van der Waals surface area contributed by atoms with Gasteiger partial charge in [0.2, 0.25) is 5.91 Å². The molecule has 4 heteroatoms. The predicted octanol–water partition coefficient (Wildman–Crippen LogP) is -0.0307. The van der Waals surface area contributed by atoms with E-state index in [4.69, 9.17) is 5.11 Å². The van der Waals surface area contributed by atoms with Crippen molar-refractivity contribution in [1.29, 1.82) is 0 Å². The summed E-state index contributed by atoms with van der Waals surface area (Å²) in [5.41, 5.74) is 0. The van der Waals surface area contributed by atoms with Crippen LogP contribution in [0, 0.1) is 0 Å². The number of nitrogens with one attached hydrogen (secondary N) is 1. The largest absolute Gasteiger partial charge is 0.395 e. The summed E-state index contributed by atoms with van der Waals surface area (Å²) in [7, 11) is 1.66. The summed E-state index contributed by atoms with van der Waals surface area (Å²) in [4.78, 5) is 13.2. The Morgan fingerprint density at radius 2 is 2.43 bits per heavy atom. The van der Waals surface area contributed by atoms with Crippen molar-refractivity contribution in [3.8, 4) is 0 Å². The van der Waals surface area contributed by atoms with E-state index in [1.807, 2.05) is 0 Å². The summed E-state index contributed by atoms with van der Waals surface area (Å²) in [6.07, 6.45) is 3.74. The van der Waals surface area contributed by atoms with Crippen LogP contribution in [0.4, 0.5) is 0 Å². The maximum atomic E-state index is 11.0. The summed E-state index contributed by atoms with van der Waals surface area (Å²) in [6.45, 7) is 2.25. The van der Waals surface area contributed by atoms with E-state index in [9.17, 15) is 4.79 Å². The Labute approximate surface area is 85.3 Å². The van der Waals surface area contributed by atoms with Crippen LogP contribution in [0.2, 0.25) is 0 Å². The highest BCUT2D eigenvalue weighted by molar-refractivity contribution is 5.75. The molecule has 1 atom stereocenters. The number of aliphatic hydroxyl groups excluding tert-OH is 1. The van der Waals surface area contributed by atoms with Gasteiger partial charge in [0.25, 0.3) is 0 Å². The fraction of sp³-hybridized carbons (Fsp3) is 0.900. The van der Waals surface area contributed by atoms with Gasteiger partial charge in [-0.1, -0.05) is 0 Å². The van der Waals surface area contributed by atoms with Crippen molar-refractivity contribution in [3.63, 3.8) is 0 Å². The number of hydrogen-bond acceptors (Lipinski definition) is 3. The van der Waals surface area contributed by atoms with Gasteiger partial charge >= 0.3 is 0 Å². The molecule has 0 aliphatic carbocycles. The maximum absolute atomic E-state index is 11.0. The zero-order valence-electron chi connectivity index (χ0n) is 8.83. The first-order valence-corrected chi connectivity index (χ1v) is 5.33. The number of rotatable bonds is 5. The third kappa shape index (κ3) is 3.27. The van der Waals surface area contributed by atoms with Gasteiger partial charge < -0.3 is 10.4 Å². The summed E-state index contributed by atoms with van der Waals surface area (Å²) in [5.74, 6) is 0.102. The van der Waals surface area contributed by atoms with E-state index in [1.165, 1.54) is 6.42 Å². The van der Waals surface area contributed by atoms with Crippen molar-refractivity contribution in [2.24, 2.45) is 0 Å². The molecule has 1 rings (SSSR count). The van der Waals surface area contributed by atoms with Gasteiger partial charge in [0.15, 0.2) is 0 Å². The zero-order valence-corrected chi connectivity index (χ0v) is 8.83. The molecule has 4 nitrogen and oxygen atoms in total. The Hall–Kier alpha value is -0.610. The lowest BCUT2D eigenvalue weighted by Crippen LogP contribution is -2.33. The standard InChI is InChI=1S/C10H20N2O2/c1-11-10(14)5-3-7-12-6-2-4-9(12)8-13/h9,13H,2-8H2,1H3,(H,11,14). The van der Waals surface area contributed by atoms with Gasteiger partial charge in [-0.15, -0.1) is 0 Å². The van der Waals surface area contributed by atoms with Gasteiger partial charge in [0.1, 0.15) is 0 Å². The van der Waals surface area contributed by atoms with Crippen molar-refractivity contribution < 1.29 is 9.90 Å². The van der Waals surface area contributed by atoms with Crippen LogP contribution in [-0.4, -0.2) is 48.7 Å². The first-order chi connectivity index (χ1) is 6.77. The summed E-state index contributed by atoms with van der Waals surface area (Å²) >= 11 is 0. The second kappa shape index (κ2) is 5.98. The van der Waals surface area contributed by atoms with Crippen LogP contribution in [0.1, 0.15) is 25.7 Å². The first kappa shape index (κ1) is 11.5. The minimum Gasteiger partial charge on any atom is -0.395 e. The van der Waals surface area contributed by atoms with E-state index in [0.29, 0.717) is 12.5 Å². The second-order valence-corrected chi connectivity index (χ2v) is 3.79. The van der Waals surface area contributed by atoms with Crippen molar-refractivity contribution in [3.05, 3.63) is 0 Å².